The molecule has 42 heavy (non-hydrogen) atoms. The molecule has 0 heterocycles. The van der Waals surface area contributed by atoms with Crippen molar-refractivity contribution in [3.63, 3.8) is 0 Å². The number of fused-ring (bicyclic) bond motifs is 3. The molecule has 4 atom stereocenters. The summed E-state index contributed by atoms with van der Waals surface area (Å²) >= 11 is 0. The Hall–Kier alpha value is -3.45. The van der Waals surface area contributed by atoms with Crippen LogP contribution in [-0.2, 0) is 20.8 Å². The number of hydrogen-bond donors (Lipinski definition) is 4. The number of ketones is 3. The van der Waals surface area contributed by atoms with Gasteiger partial charge in [-0.05, 0) is 72.8 Å². The van der Waals surface area contributed by atoms with Crippen molar-refractivity contribution in [3.8, 4) is 5.75 Å². The molecule has 7 nitrogen and oxygen atoms in total. The molecule has 7 heteroatoms. The van der Waals surface area contributed by atoms with Crippen molar-refractivity contribution in [3.05, 3.63) is 64.5 Å². The predicted octanol–water partition coefficient (Wildman–Crippen LogP) is 6.34. The highest BCUT2D eigenvalue weighted by atomic mass is 16.3. The summed E-state index contributed by atoms with van der Waals surface area (Å²) in [4.78, 5) is 40.7. The van der Waals surface area contributed by atoms with Gasteiger partial charge in [-0.15, -0.1) is 0 Å². The van der Waals surface area contributed by atoms with Gasteiger partial charge in [-0.3, -0.25) is 14.4 Å². The van der Waals surface area contributed by atoms with Gasteiger partial charge in [-0.2, -0.15) is 0 Å². The Bertz CT molecular complexity index is 1520. The first kappa shape index (κ1) is 30.0. The van der Waals surface area contributed by atoms with Crippen molar-refractivity contribution in [2.45, 2.75) is 85.2 Å². The topological polar surface area (TPSA) is 132 Å². The number of benzene rings is 1. The fourth-order valence-corrected chi connectivity index (χ4v) is 8.87. The summed E-state index contributed by atoms with van der Waals surface area (Å²) in [5.74, 6) is -5.01. The minimum Gasteiger partial charge on any atom is -0.508 e. The average molecular weight is 575 g/mol. The molecule has 0 amide bonds. The number of carbonyl (C=O) groups excluding carboxylic acids is 3. The fraction of sp³-hybridized carbons (Fsp3) is 0.514. The van der Waals surface area contributed by atoms with Crippen molar-refractivity contribution in [1.82, 2.24) is 0 Å². The van der Waals surface area contributed by atoms with Crippen LogP contribution in [0.25, 0.3) is 11.3 Å². The van der Waals surface area contributed by atoms with Crippen LogP contribution in [0.2, 0.25) is 0 Å². The van der Waals surface area contributed by atoms with E-state index in [4.69, 9.17) is 0 Å². The zero-order valence-electron chi connectivity index (χ0n) is 25.3. The Morgan fingerprint density at radius 1 is 1.02 bits per heavy atom. The summed E-state index contributed by atoms with van der Waals surface area (Å²) in [7, 11) is 0. The highest BCUT2D eigenvalue weighted by Gasteiger charge is 2.72. The second-order valence-electron chi connectivity index (χ2n) is 13.8. The van der Waals surface area contributed by atoms with Crippen LogP contribution >= 0.6 is 0 Å². The molecule has 2 fully saturated rings. The third-order valence-electron chi connectivity index (χ3n) is 10.7. The Balaban J connectivity index is 1.73. The summed E-state index contributed by atoms with van der Waals surface area (Å²) in [6.45, 7) is 16.9. The van der Waals surface area contributed by atoms with Crippen molar-refractivity contribution in [2.75, 3.05) is 0 Å². The lowest BCUT2D eigenvalue weighted by atomic mass is 9.43. The number of phenols is 1. The van der Waals surface area contributed by atoms with Gasteiger partial charge in [0, 0.05) is 22.3 Å². The molecule has 1 unspecified atom stereocenters. The fourth-order valence-electron chi connectivity index (χ4n) is 8.87. The number of hydrogen-bond acceptors (Lipinski definition) is 7. The molecule has 0 bridgehead atoms. The van der Waals surface area contributed by atoms with Gasteiger partial charge in [0.15, 0.2) is 17.2 Å². The number of carbonyl (C=O) groups is 3. The third kappa shape index (κ3) is 3.85. The van der Waals surface area contributed by atoms with Crippen LogP contribution in [0.1, 0.15) is 89.8 Å². The van der Waals surface area contributed by atoms with Gasteiger partial charge in [0.05, 0.1) is 5.56 Å². The minimum atomic E-state index is -2.62. The van der Waals surface area contributed by atoms with E-state index in [9.17, 15) is 34.8 Å². The van der Waals surface area contributed by atoms with Crippen LogP contribution < -0.4 is 0 Å². The van der Waals surface area contributed by atoms with Gasteiger partial charge in [0.2, 0.25) is 5.78 Å². The number of rotatable bonds is 5. The van der Waals surface area contributed by atoms with E-state index in [1.807, 2.05) is 0 Å². The van der Waals surface area contributed by atoms with Crippen LogP contribution in [0.5, 0.6) is 5.75 Å². The van der Waals surface area contributed by atoms with E-state index in [1.54, 1.807) is 33.8 Å². The van der Waals surface area contributed by atoms with Gasteiger partial charge in [0.1, 0.15) is 22.8 Å². The maximum Gasteiger partial charge on any atom is 0.203 e. The van der Waals surface area contributed by atoms with Crippen LogP contribution in [0.15, 0.2) is 47.8 Å². The lowest BCUT2D eigenvalue weighted by molar-refractivity contribution is -0.178. The lowest BCUT2D eigenvalue weighted by Crippen LogP contribution is -2.69. The van der Waals surface area contributed by atoms with Gasteiger partial charge < -0.3 is 20.4 Å². The third-order valence-corrected chi connectivity index (χ3v) is 10.7. The number of allylic oxidation sites excluding steroid dienone is 3. The average Bonchev–Trinajstić information content (AvgIpc) is 2.90. The first-order valence-corrected chi connectivity index (χ1v) is 15.0. The molecule has 0 saturated heterocycles. The molecule has 4 aliphatic carbocycles. The highest BCUT2D eigenvalue weighted by molar-refractivity contribution is 6.24. The number of aliphatic hydroxyl groups is 3. The van der Waals surface area contributed by atoms with Crippen LogP contribution in [0, 0.1) is 28.6 Å². The van der Waals surface area contributed by atoms with E-state index >= 15 is 0 Å². The zero-order chi connectivity index (χ0) is 31.1. The number of aliphatic hydroxyl groups excluding tert-OH is 2. The van der Waals surface area contributed by atoms with Gasteiger partial charge in [0.25, 0.3) is 0 Å². The second kappa shape index (κ2) is 9.80. The Kier molecular flexibility index (Phi) is 7.00. The Morgan fingerprint density at radius 3 is 2.21 bits per heavy atom. The summed E-state index contributed by atoms with van der Waals surface area (Å²) in [6.07, 6.45) is 5.77. The second-order valence-corrected chi connectivity index (χ2v) is 13.8. The monoisotopic (exact) mass is 574 g/mol. The van der Waals surface area contributed by atoms with E-state index in [0.717, 1.165) is 49.3 Å². The first-order valence-electron chi connectivity index (χ1n) is 15.0. The van der Waals surface area contributed by atoms with Gasteiger partial charge >= 0.3 is 0 Å². The van der Waals surface area contributed by atoms with E-state index < -0.39 is 56.8 Å². The van der Waals surface area contributed by atoms with Crippen molar-refractivity contribution in [1.29, 1.82) is 0 Å². The van der Waals surface area contributed by atoms with E-state index in [0.29, 0.717) is 11.5 Å². The van der Waals surface area contributed by atoms with Gasteiger partial charge in [-0.25, -0.2) is 0 Å². The summed E-state index contributed by atoms with van der Waals surface area (Å²) < 4.78 is 0. The molecule has 1 aromatic rings. The predicted molar refractivity (Wildman–Crippen MR) is 161 cm³/mol. The summed E-state index contributed by atoms with van der Waals surface area (Å²) in [5, 5.41) is 46.2. The molecule has 0 radical (unpaired) electrons. The molecular formula is C35H42O7. The molecule has 0 aliphatic heterocycles. The van der Waals surface area contributed by atoms with Crippen molar-refractivity contribution < 1.29 is 34.8 Å². The molecule has 1 aromatic carbocycles. The molecule has 0 aromatic heterocycles. The summed E-state index contributed by atoms with van der Waals surface area (Å²) in [6, 6.07) is 3.22. The summed E-state index contributed by atoms with van der Waals surface area (Å²) in [5.41, 5.74) is -2.82. The van der Waals surface area contributed by atoms with Crippen molar-refractivity contribution in [2.24, 2.45) is 28.6 Å². The zero-order valence-corrected chi connectivity index (χ0v) is 25.3. The molecule has 4 aliphatic rings. The van der Waals surface area contributed by atoms with E-state index in [2.05, 4.69) is 13.2 Å². The maximum absolute atomic E-state index is 14.4. The Labute approximate surface area is 247 Å². The highest BCUT2D eigenvalue weighted by Crippen LogP contribution is 2.65. The standard InChI is InChI=1S/C35H42O7/c1-17(2)27-29(38)25(20(5)36)31(40)35(42)32(41)28-30(39)26-23(15-33(28,6)16-34(27,35)7)22(13-14-24(26)37)19(4)18(3)21-11-9-8-10-12-21/h13-14,17,21,27,37,39-40,42H,3-4,8-12,15-16H2,1-2,5-7H3/t27?,33-,34-,35+/m1/s1. The number of aromatic hydroxyl groups is 1. The van der Waals surface area contributed by atoms with Crippen LogP contribution in [0.3, 0.4) is 0 Å². The normalized spacial score (nSPS) is 31.5. The molecule has 224 valence electrons. The Morgan fingerprint density at radius 2 is 1.64 bits per heavy atom. The quantitative estimate of drug-likeness (QED) is 0.238. The van der Waals surface area contributed by atoms with Crippen LogP contribution in [0.4, 0.5) is 0 Å². The smallest absolute Gasteiger partial charge is 0.203 e. The number of phenolic OH excluding ortho intramolecular Hbond substituents is 1. The first-order chi connectivity index (χ1) is 19.5. The SMILES string of the molecule is C=C(C(=C)C1CCCCC1)c1ccc(O)c2c1C[C@]1(C)C[C@]3(C)C(C(C)C)C(=O)C(C(C)=O)=C(O)[C@]3(O)C(=O)C1=C2O. The number of Topliss-reactive ketones (excluding diaryl/α,β-unsaturated/α-hetero) is 3. The van der Waals surface area contributed by atoms with Gasteiger partial charge in [-0.1, -0.05) is 66.2 Å². The van der Waals surface area contributed by atoms with E-state index in [1.165, 1.54) is 12.5 Å². The van der Waals surface area contributed by atoms with Crippen molar-refractivity contribution >= 4 is 28.7 Å². The molecule has 0 spiro atoms. The van der Waals surface area contributed by atoms with Crippen LogP contribution in [-0.4, -0.2) is 43.4 Å². The van der Waals surface area contributed by atoms with E-state index in [-0.39, 0.29) is 35.6 Å². The molecular weight excluding hydrogens is 532 g/mol. The molecule has 4 N–H and O–H groups in total. The minimum absolute atomic E-state index is 0.0516. The maximum atomic E-state index is 14.4. The largest absolute Gasteiger partial charge is 0.508 e. The molecule has 2 saturated carbocycles. The lowest BCUT2D eigenvalue weighted by Gasteiger charge is -2.59. The molecule has 5 rings (SSSR count).